The maximum Gasteiger partial charge on any atom is 0.311 e. The maximum atomic E-state index is 14.3. The molecular formula is C40H76N2O12. The van der Waals surface area contributed by atoms with E-state index in [2.05, 4.69) is 5.32 Å². The highest BCUT2D eigenvalue weighted by Crippen LogP contribution is 2.41. The van der Waals surface area contributed by atoms with E-state index in [1.807, 2.05) is 53.6 Å². The van der Waals surface area contributed by atoms with E-state index >= 15 is 0 Å². The lowest BCUT2D eigenvalue weighted by atomic mass is 9.72. The third-order valence-electron chi connectivity index (χ3n) is 12.7. The average molecular weight is 777 g/mol. The van der Waals surface area contributed by atoms with Crippen LogP contribution in [0, 0.1) is 23.7 Å². The van der Waals surface area contributed by atoms with Crippen molar-refractivity contribution >= 4 is 5.97 Å². The topological polar surface area (TPSA) is 189 Å². The minimum Gasteiger partial charge on any atom is -0.459 e. The van der Waals surface area contributed by atoms with Gasteiger partial charge in [0.15, 0.2) is 12.6 Å². The molecule has 19 atom stereocenters. The van der Waals surface area contributed by atoms with Crippen LogP contribution in [0.15, 0.2) is 0 Å². The van der Waals surface area contributed by atoms with E-state index in [0.29, 0.717) is 13.0 Å². The Morgan fingerprint density at radius 3 is 2.09 bits per heavy atom. The van der Waals surface area contributed by atoms with Gasteiger partial charge in [-0.3, -0.25) is 4.79 Å². The molecule has 6 N–H and O–H groups in total. The van der Waals surface area contributed by atoms with E-state index in [1.54, 1.807) is 34.6 Å². The highest BCUT2D eigenvalue weighted by atomic mass is 16.7. The van der Waals surface area contributed by atoms with Crippen LogP contribution in [0.4, 0.5) is 0 Å². The summed E-state index contributed by atoms with van der Waals surface area (Å²) < 4.78 is 37.7. The second kappa shape index (κ2) is 19.2. The van der Waals surface area contributed by atoms with Gasteiger partial charge in [0.2, 0.25) is 0 Å². The summed E-state index contributed by atoms with van der Waals surface area (Å²) >= 11 is 0. The molecule has 2 unspecified atom stereocenters. The monoisotopic (exact) mass is 777 g/mol. The second-order valence-electron chi connectivity index (χ2n) is 17.7. The number of hydrogen-bond donors (Lipinski definition) is 6. The molecule has 0 aromatic carbocycles. The number of likely N-dealkylation sites (N-methyl/N-ethyl adjacent to an activating group) is 1. The van der Waals surface area contributed by atoms with Crippen molar-refractivity contribution in [3.05, 3.63) is 0 Å². The predicted molar refractivity (Wildman–Crippen MR) is 203 cm³/mol. The second-order valence-corrected chi connectivity index (χ2v) is 17.7. The molecule has 0 saturated carbocycles. The van der Waals surface area contributed by atoms with E-state index in [1.165, 1.54) is 14.0 Å². The molecular weight excluding hydrogens is 700 g/mol. The smallest absolute Gasteiger partial charge is 0.311 e. The molecule has 3 aliphatic heterocycles. The molecule has 0 amide bonds. The molecule has 0 spiro atoms. The summed E-state index contributed by atoms with van der Waals surface area (Å²) in [5.74, 6) is -3.25. The van der Waals surface area contributed by atoms with Crippen LogP contribution < -0.4 is 5.32 Å². The molecule has 3 fully saturated rings. The molecule has 0 bridgehead atoms. The number of hydrogen-bond acceptors (Lipinski definition) is 14. The van der Waals surface area contributed by atoms with Crippen LogP contribution in [0.3, 0.4) is 0 Å². The number of esters is 1. The van der Waals surface area contributed by atoms with Crippen molar-refractivity contribution in [1.82, 2.24) is 10.2 Å². The van der Waals surface area contributed by atoms with Gasteiger partial charge in [-0.1, -0.05) is 34.6 Å². The number of ether oxygens (including phenoxy) is 6. The number of methoxy groups -OCH3 is 1. The fourth-order valence-corrected chi connectivity index (χ4v) is 9.30. The SMILES string of the molecule is CCCNC1[C@H](C)C[C@@](C)(O)C(O[C@@H]2O[C@H](C)C[C@H](N(C)C)[C@H]2O)[C@@H](C)[C@H](O[C@H]2C[C@@](C)(OC)[C@@H](O)[C@H](C)O2)[C@@H](C)C(=O)O[C@H](CC)[C@@](C)(O)[C@H](O)[C@H]1C. The van der Waals surface area contributed by atoms with Crippen LogP contribution in [0.1, 0.15) is 108 Å². The van der Waals surface area contributed by atoms with E-state index in [4.69, 9.17) is 28.4 Å². The van der Waals surface area contributed by atoms with Gasteiger partial charge in [-0.15, -0.1) is 0 Å². The van der Waals surface area contributed by atoms with E-state index in [-0.39, 0.29) is 43.4 Å². The Hall–Kier alpha value is -1.01. The average Bonchev–Trinajstić information content (AvgIpc) is 3.09. The van der Waals surface area contributed by atoms with E-state index in [0.717, 1.165) is 6.42 Å². The van der Waals surface area contributed by atoms with Crippen molar-refractivity contribution in [2.45, 2.75) is 199 Å². The number of nitrogens with one attached hydrogen (secondary N) is 1. The van der Waals surface area contributed by atoms with Crippen LogP contribution >= 0.6 is 0 Å². The first-order chi connectivity index (χ1) is 25.0. The minimum absolute atomic E-state index is 0.132. The summed E-state index contributed by atoms with van der Waals surface area (Å²) in [5, 5.41) is 62.6. The van der Waals surface area contributed by atoms with Crippen LogP contribution in [0.2, 0.25) is 0 Å². The van der Waals surface area contributed by atoms with Gasteiger partial charge in [-0.05, 0) is 93.8 Å². The first-order valence-corrected chi connectivity index (χ1v) is 20.2. The molecule has 14 nitrogen and oxygen atoms in total. The van der Waals surface area contributed by atoms with Crippen molar-refractivity contribution < 1.29 is 58.7 Å². The molecule has 0 aromatic heterocycles. The Bertz CT molecular complexity index is 1180. The summed E-state index contributed by atoms with van der Waals surface area (Å²) in [4.78, 5) is 16.2. The Balaban J connectivity index is 2.22. The lowest BCUT2D eigenvalue weighted by Crippen LogP contribution is -2.62. The fraction of sp³-hybridized carbons (Fsp3) is 0.975. The molecule has 3 heterocycles. The lowest BCUT2D eigenvalue weighted by molar-refractivity contribution is -0.318. The zero-order chi connectivity index (χ0) is 41.1. The van der Waals surface area contributed by atoms with Crippen molar-refractivity contribution in [1.29, 1.82) is 0 Å². The largest absolute Gasteiger partial charge is 0.459 e. The van der Waals surface area contributed by atoms with Gasteiger partial charge in [0, 0.05) is 37.5 Å². The molecule has 0 aromatic rings. The summed E-state index contributed by atoms with van der Waals surface area (Å²) in [5.41, 5.74) is -4.46. The van der Waals surface area contributed by atoms with Gasteiger partial charge in [0.25, 0.3) is 0 Å². The number of aliphatic hydroxyl groups is 5. The van der Waals surface area contributed by atoms with Gasteiger partial charge >= 0.3 is 5.97 Å². The van der Waals surface area contributed by atoms with Gasteiger partial charge in [0.1, 0.15) is 23.9 Å². The standard InChI is InChI=1S/C40H76N2O12/c1-15-17-41-30-21(3)19-38(9,47)35(54-37-31(43)27(42(12)13)18-22(4)50-37)24(6)32(53-29-20-39(10,49-14)34(45)26(8)51-29)25(7)36(46)52-28(16-2)40(11,48)33(44)23(30)5/h21-35,37,41,43-45,47-48H,15-20H2,1-14H3/t21-,22-,23+,24+,25-,26+,27+,28-,29+,30?,31-,32+,33-,34+,35?,37+,38-,39-,40-/m1/s1. The molecule has 54 heavy (non-hydrogen) atoms. The summed E-state index contributed by atoms with van der Waals surface area (Å²) in [6, 6.07) is -0.655. The van der Waals surface area contributed by atoms with Crippen LogP contribution in [-0.2, 0) is 33.2 Å². The zero-order valence-corrected chi connectivity index (χ0v) is 35.5. The van der Waals surface area contributed by atoms with Crippen molar-refractivity contribution in [2.24, 2.45) is 23.7 Å². The Morgan fingerprint density at radius 1 is 0.907 bits per heavy atom. The summed E-state index contributed by atoms with van der Waals surface area (Å²) in [6.07, 6.45) is -7.54. The summed E-state index contributed by atoms with van der Waals surface area (Å²) in [6.45, 7) is 20.4. The Morgan fingerprint density at radius 2 is 1.54 bits per heavy atom. The zero-order valence-electron chi connectivity index (χ0n) is 35.5. The van der Waals surface area contributed by atoms with E-state index in [9.17, 15) is 30.3 Å². The molecule has 0 aliphatic carbocycles. The normalized spacial score (nSPS) is 49.0. The number of carbonyl (C=O) groups is 1. The molecule has 3 rings (SSSR count). The first kappa shape index (κ1) is 47.4. The number of aliphatic hydroxyl groups excluding tert-OH is 3. The van der Waals surface area contributed by atoms with Gasteiger partial charge in [0.05, 0.1) is 47.6 Å². The van der Waals surface area contributed by atoms with Crippen LogP contribution in [0.25, 0.3) is 0 Å². The third kappa shape index (κ3) is 10.5. The van der Waals surface area contributed by atoms with Crippen molar-refractivity contribution in [2.75, 3.05) is 27.7 Å². The van der Waals surface area contributed by atoms with Gasteiger partial charge < -0.3 is 64.2 Å². The van der Waals surface area contributed by atoms with Crippen LogP contribution in [0.5, 0.6) is 0 Å². The molecule has 3 aliphatic rings. The van der Waals surface area contributed by atoms with Crippen molar-refractivity contribution in [3.63, 3.8) is 0 Å². The summed E-state index contributed by atoms with van der Waals surface area (Å²) in [7, 11) is 5.28. The number of cyclic esters (lactones) is 1. The quantitative estimate of drug-likeness (QED) is 0.178. The Kier molecular flexibility index (Phi) is 16.8. The highest BCUT2D eigenvalue weighted by Gasteiger charge is 2.53. The molecule has 3 saturated heterocycles. The maximum absolute atomic E-state index is 14.3. The van der Waals surface area contributed by atoms with Gasteiger partial charge in [-0.25, -0.2) is 0 Å². The minimum atomic E-state index is -1.82. The number of rotatable bonds is 10. The van der Waals surface area contributed by atoms with Crippen molar-refractivity contribution in [3.8, 4) is 0 Å². The fourth-order valence-electron chi connectivity index (χ4n) is 9.30. The van der Waals surface area contributed by atoms with Crippen LogP contribution in [-0.4, -0.2) is 154 Å². The number of carbonyl (C=O) groups excluding carboxylic acids is 1. The Labute approximate surface area is 324 Å². The third-order valence-corrected chi connectivity index (χ3v) is 12.7. The first-order valence-electron chi connectivity index (χ1n) is 20.2. The van der Waals surface area contributed by atoms with E-state index < -0.39 is 95.8 Å². The van der Waals surface area contributed by atoms with Gasteiger partial charge in [-0.2, -0.15) is 0 Å². The molecule has 14 heteroatoms. The predicted octanol–water partition coefficient (Wildman–Crippen LogP) is 2.58. The lowest BCUT2D eigenvalue weighted by Gasteiger charge is -2.49. The number of nitrogens with zero attached hydrogens (tertiary/aromatic N) is 1. The molecule has 0 radical (unpaired) electrons. The molecule has 318 valence electrons. The highest BCUT2D eigenvalue weighted by molar-refractivity contribution is 5.73.